The van der Waals surface area contributed by atoms with Crippen LogP contribution in [0.5, 0.6) is 5.75 Å². The number of amides is 1. The molecule has 0 bridgehead atoms. The molecular weight excluding hydrogens is 313 g/mol. The van der Waals surface area contributed by atoms with Crippen molar-refractivity contribution in [2.45, 2.75) is 25.7 Å². The molecule has 0 spiro atoms. The summed E-state index contributed by atoms with van der Waals surface area (Å²) in [5.74, 6) is -0.512. The summed E-state index contributed by atoms with van der Waals surface area (Å²) in [5.41, 5.74) is 0.605. The summed E-state index contributed by atoms with van der Waals surface area (Å²) in [4.78, 5) is 15.5. The maximum Gasteiger partial charge on any atom is 0.573 e. The first-order valence-electron chi connectivity index (χ1n) is 6.86. The Bertz CT molecular complexity index is 612. The standard InChI is InChI=1S/C14H15F3N4O2/c15-14(16,17)23-12-4-2-11(3-5-12)8-13(22)19-6-1-7-21-10-18-9-20-21/h2-5,9-10H,1,6-8H2,(H,19,22). The van der Waals surface area contributed by atoms with Gasteiger partial charge in [0, 0.05) is 13.1 Å². The molecule has 0 fully saturated rings. The molecule has 0 saturated carbocycles. The number of halogens is 3. The van der Waals surface area contributed by atoms with Gasteiger partial charge in [0.1, 0.15) is 18.4 Å². The van der Waals surface area contributed by atoms with Crippen LogP contribution in [0, 0.1) is 0 Å². The van der Waals surface area contributed by atoms with E-state index >= 15 is 0 Å². The van der Waals surface area contributed by atoms with Crippen LogP contribution in [0.2, 0.25) is 0 Å². The van der Waals surface area contributed by atoms with Crippen molar-refractivity contribution in [3.8, 4) is 5.75 Å². The first-order chi connectivity index (χ1) is 10.9. The van der Waals surface area contributed by atoms with E-state index in [2.05, 4.69) is 20.1 Å². The van der Waals surface area contributed by atoms with Crippen LogP contribution in [-0.4, -0.2) is 33.6 Å². The van der Waals surface area contributed by atoms with Crippen molar-refractivity contribution in [3.63, 3.8) is 0 Å². The largest absolute Gasteiger partial charge is 0.573 e. The van der Waals surface area contributed by atoms with E-state index in [0.717, 1.165) is 0 Å². The molecule has 0 aliphatic rings. The number of benzene rings is 1. The van der Waals surface area contributed by atoms with Gasteiger partial charge in [0.25, 0.3) is 0 Å². The van der Waals surface area contributed by atoms with Gasteiger partial charge in [0.05, 0.1) is 6.42 Å². The molecule has 0 atom stereocenters. The van der Waals surface area contributed by atoms with Gasteiger partial charge in [0.2, 0.25) is 5.91 Å². The first-order valence-corrected chi connectivity index (χ1v) is 6.86. The zero-order valence-corrected chi connectivity index (χ0v) is 12.1. The Hall–Kier alpha value is -2.58. The minimum atomic E-state index is -4.72. The van der Waals surface area contributed by atoms with E-state index in [0.29, 0.717) is 25.1 Å². The van der Waals surface area contributed by atoms with Crippen molar-refractivity contribution in [1.82, 2.24) is 20.1 Å². The SMILES string of the molecule is O=C(Cc1ccc(OC(F)(F)F)cc1)NCCCn1cncn1. The molecule has 1 amide bonds. The Morgan fingerprint density at radius 3 is 2.61 bits per heavy atom. The van der Waals surface area contributed by atoms with Crippen molar-refractivity contribution >= 4 is 5.91 Å². The van der Waals surface area contributed by atoms with Gasteiger partial charge in [-0.3, -0.25) is 9.48 Å². The average molecular weight is 328 g/mol. The molecule has 0 aliphatic carbocycles. The number of nitrogens with zero attached hydrogens (tertiary/aromatic N) is 3. The summed E-state index contributed by atoms with van der Waals surface area (Å²) in [7, 11) is 0. The van der Waals surface area contributed by atoms with Crippen LogP contribution in [0.3, 0.4) is 0 Å². The number of ether oxygens (including phenoxy) is 1. The third-order valence-corrected chi connectivity index (χ3v) is 2.87. The Kier molecular flexibility index (Phi) is 5.56. The lowest BCUT2D eigenvalue weighted by molar-refractivity contribution is -0.274. The van der Waals surface area contributed by atoms with Gasteiger partial charge >= 0.3 is 6.36 Å². The average Bonchev–Trinajstić information content (AvgIpc) is 2.97. The first kappa shape index (κ1) is 16.8. The summed E-state index contributed by atoms with van der Waals surface area (Å²) >= 11 is 0. The maximum absolute atomic E-state index is 12.0. The summed E-state index contributed by atoms with van der Waals surface area (Å²) < 4.78 is 41.5. The molecule has 1 aromatic carbocycles. The normalized spacial score (nSPS) is 11.3. The molecule has 1 aromatic heterocycles. The summed E-state index contributed by atoms with van der Waals surface area (Å²) in [6, 6.07) is 5.22. The summed E-state index contributed by atoms with van der Waals surface area (Å²) in [6.45, 7) is 1.12. The quantitative estimate of drug-likeness (QED) is 0.789. The lowest BCUT2D eigenvalue weighted by Gasteiger charge is -2.09. The zero-order valence-electron chi connectivity index (χ0n) is 12.1. The van der Waals surface area contributed by atoms with E-state index in [-0.39, 0.29) is 18.1 Å². The van der Waals surface area contributed by atoms with Crippen molar-refractivity contribution in [1.29, 1.82) is 0 Å². The molecule has 0 aliphatic heterocycles. The van der Waals surface area contributed by atoms with Crippen LogP contribution in [0.1, 0.15) is 12.0 Å². The van der Waals surface area contributed by atoms with E-state index < -0.39 is 6.36 Å². The third kappa shape index (κ3) is 6.37. The highest BCUT2D eigenvalue weighted by molar-refractivity contribution is 5.78. The fourth-order valence-corrected chi connectivity index (χ4v) is 1.87. The molecular formula is C14H15F3N4O2. The highest BCUT2D eigenvalue weighted by Gasteiger charge is 2.30. The van der Waals surface area contributed by atoms with Crippen LogP contribution in [0.4, 0.5) is 13.2 Å². The Balaban J connectivity index is 1.70. The van der Waals surface area contributed by atoms with Crippen molar-refractivity contribution in [2.75, 3.05) is 6.54 Å². The molecule has 2 rings (SSSR count). The fraction of sp³-hybridized carbons (Fsp3) is 0.357. The maximum atomic E-state index is 12.0. The van der Waals surface area contributed by atoms with Gasteiger partial charge in [-0.15, -0.1) is 13.2 Å². The second kappa shape index (κ2) is 7.61. The Morgan fingerprint density at radius 2 is 2.00 bits per heavy atom. The molecule has 0 radical (unpaired) electrons. The van der Waals surface area contributed by atoms with Gasteiger partial charge in [0.15, 0.2) is 0 Å². The zero-order chi connectivity index (χ0) is 16.7. The molecule has 9 heteroatoms. The molecule has 0 unspecified atom stereocenters. The van der Waals surface area contributed by atoms with Gasteiger partial charge in [-0.2, -0.15) is 5.10 Å². The second-order valence-corrected chi connectivity index (χ2v) is 4.73. The molecule has 1 heterocycles. The van der Waals surface area contributed by atoms with Crippen LogP contribution in [0.25, 0.3) is 0 Å². The van der Waals surface area contributed by atoms with Gasteiger partial charge in [-0.05, 0) is 24.1 Å². The fourth-order valence-electron chi connectivity index (χ4n) is 1.87. The van der Waals surface area contributed by atoms with Crippen molar-refractivity contribution < 1.29 is 22.7 Å². The molecule has 6 nitrogen and oxygen atoms in total. The number of rotatable bonds is 7. The van der Waals surface area contributed by atoms with E-state index in [1.807, 2.05) is 0 Å². The lowest BCUT2D eigenvalue weighted by Crippen LogP contribution is -2.26. The van der Waals surface area contributed by atoms with Crippen LogP contribution in [-0.2, 0) is 17.8 Å². The van der Waals surface area contributed by atoms with Crippen LogP contribution >= 0.6 is 0 Å². The molecule has 1 N–H and O–H groups in total. The van der Waals surface area contributed by atoms with E-state index in [1.54, 1.807) is 11.0 Å². The van der Waals surface area contributed by atoms with Gasteiger partial charge in [-0.1, -0.05) is 12.1 Å². The number of alkyl halides is 3. The third-order valence-electron chi connectivity index (χ3n) is 2.87. The smallest absolute Gasteiger partial charge is 0.406 e. The van der Waals surface area contributed by atoms with E-state index in [4.69, 9.17) is 0 Å². The molecule has 23 heavy (non-hydrogen) atoms. The van der Waals surface area contributed by atoms with Crippen LogP contribution < -0.4 is 10.1 Å². The number of hydrogen-bond donors (Lipinski definition) is 1. The number of hydrogen-bond acceptors (Lipinski definition) is 4. The molecule has 124 valence electrons. The van der Waals surface area contributed by atoms with Crippen LogP contribution in [0.15, 0.2) is 36.9 Å². The minimum absolute atomic E-state index is 0.0929. The second-order valence-electron chi connectivity index (χ2n) is 4.73. The Morgan fingerprint density at radius 1 is 1.26 bits per heavy atom. The monoisotopic (exact) mass is 328 g/mol. The highest BCUT2D eigenvalue weighted by Crippen LogP contribution is 2.22. The van der Waals surface area contributed by atoms with Gasteiger partial charge < -0.3 is 10.1 Å². The van der Waals surface area contributed by atoms with Crippen molar-refractivity contribution in [3.05, 3.63) is 42.5 Å². The van der Waals surface area contributed by atoms with Gasteiger partial charge in [-0.25, -0.2) is 4.98 Å². The minimum Gasteiger partial charge on any atom is -0.406 e. The highest BCUT2D eigenvalue weighted by atomic mass is 19.4. The van der Waals surface area contributed by atoms with E-state index in [9.17, 15) is 18.0 Å². The number of carbonyl (C=O) groups is 1. The van der Waals surface area contributed by atoms with E-state index in [1.165, 1.54) is 30.6 Å². The number of aromatic nitrogens is 3. The predicted molar refractivity (Wildman–Crippen MR) is 74.5 cm³/mol. The lowest BCUT2D eigenvalue weighted by atomic mass is 10.1. The summed E-state index contributed by atoms with van der Waals surface area (Å²) in [6.07, 6.45) is -0.900. The summed E-state index contributed by atoms with van der Waals surface area (Å²) in [5, 5.41) is 6.67. The van der Waals surface area contributed by atoms with Crippen molar-refractivity contribution in [2.24, 2.45) is 0 Å². The number of carbonyl (C=O) groups excluding carboxylic acids is 1. The number of nitrogens with one attached hydrogen (secondary N) is 1. The Labute approximate surface area is 130 Å². The molecule has 0 saturated heterocycles. The molecule has 2 aromatic rings. The number of aryl methyl sites for hydroxylation is 1. The topological polar surface area (TPSA) is 69.0 Å². The predicted octanol–water partition coefficient (Wildman–Crippen LogP) is 1.93.